The number of carboxylic acids is 1. The molecule has 0 fully saturated rings. The summed E-state index contributed by atoms with van der Waals surface area (Å²) in [5.41, 5.74) is 0.254. The number of allylic oxidation sites excluding steroid dienone is 2. The molecule has 0 bridgehead atoms. The predicted molar refractivity (Wildman–Crippen MR) is 87.6 cm³/mol. The average Bonchev–Trinajstić information content (AvgIpc) is 3.10. The Hall–Kier alpha value is -2.65. The van der Waals surface area contributed by atoms with E-state index < -0.39 is 23.8 Å². The van der Waals surface area contributed by atoms with E-state index >= 15 is 0 Å². The van der Waals surface area contributed by atoms with Crippen LogP contribution in [0.5, 0.6) is 0 Å². The van der Waals surface area contributed by atoms with Crippen molar-refractivity contribution in [3.8, 4) is 0 Å². The second-order valence-electron chi connectivity index (χ2n) is 5.58. The van der Waals surface area contributed by atoms with Gasteiger partial charge in [0.2, 0.25) is 0 Å². The van der Waals surface area contributed by atoms with E-state index in [1.807, 2.05) is 0 Å². The number of imidazole rings is 1. The van der Waals surface area contributed by atoms with E-state index in [0.717, 1.165) is 12.1 Å². The van der Waals surface area contributed by atoms with E-state index in [2.05, 4.69) is 9.82 Å². The number of nitrogens with two attached hydrogens (primary N) is 1. The fraction of sp³-hybridized carbons (Fsp3) is 0.294. The molecule has 0 saturated carbocycles. The number of carbonyl (C=O) groups is 1. The van der Waals surface area contributed by atoms with Gasteiger partial charge in [0.1, 0.15) is 0 Å². The number of aliphatic carboxylic acids is 1. The Morgan fingerprint density at radius 3 is 2.77 bits per heavy atom. The van der Waals surface area contributed by atoms with Gasteiger partial charge in [-0.2, -0.15) is 13.2 Å². The van der Waals surface area contributed by atoms with Gasteiger partial charge in [0.15, 0.2) is 6.10 Å². The molecule has 0 aliphatic heterocycles. The Morgan fingerprint density at radius 2 is 2.19 bits per heavy atom. The van der Waals surface area contributed by atoms with Crippen molar-refractivity contribution in [1.82, 2.24) is 9.55 Å². The van der Waals surface area contributed by atoms with Gasteiger partial charge in [-0.3, -0.25) is 4.84 Å². The quantitative estimate of drug-likeness (QED) is 0.698. The summed E-state index contributed by atoms with van der Waals surface area (Å²) >= 11 is 0. The molecule has 26 heavy (non-hydrogen) atoms. The fourth-order valence-corrected chi connectivity index (χ4v) is 2.40. The number of benzene rings is 1. The topological polar surface area (TPSA) is 90.4 Å². The first kappa shape index (κ1) is 19.7. The van der Waals surface area contributed by atoms with Crippen LogP contribution >= 0.6 is 0 Å². The first-order valence-electron chi connectivity index (χ1n) is 7.72. The van der Waals surface area contributed by atoms with Crippen molar-refractivity contribution in [3.05, 3.63) is 60.2 Å². The SMILES string of the molecule is NOC(CC/C=C(\Cn1ccnc1)c1cccc(C(F)(F)F)c1)C(=O)O. The summed E-state index contributed by atoms with van der Waals surface area (Å²) in [6.07, 6.45) is 1.22. The van der Waals surface area contributed by atoms with Crippen molar-refractivity contribution < 1.29 is 27.9 Å². The van der Waals surface area contributed by atoms with Crippen LogP contribution in [-0.4, -0.2) is 26.7 Å². The lowest BCUT2D eigenvalue weighted by atomic mass is 10.0. The smallest absolute Gasteiger partial charge is 0.416 e. The molecule has 3 N–H and O–H groups in total. The average molecular weight is 369 g/mol. The number of hydrogen-bond acceptors (Lipinski definition) is 4. The maximum absolute atomic E-state index is 13.0. The standard InChI is InChI=1S/C17H18F3N3O3/c18-17(19,20)14-5-1-3-12(9-14)13(10-23-8-7-22-11-23)4-2-6-15(26-21)16(24)25/h1,3-5,7-9,11,15H,2,6,10,21H2,(H,24,25)/b13-4+. The Labute approximate surface area is 147 Å². The van der Waals surface area contributed by atoms with Crippen LogP contribution in [0.1, 0.15) is 24.0 Å². The van der Waals surface area contributed by atoms with Gasteiger partial charge in [-0.25, -0.2) is 15.7 Å². The zero-order valence-electron chi connectivity index (χ0n) is 13.7. The molecule has 140 valence electrons. The number of aromatic nitrogens is 2. The van der Waals surface area contributed by atoms with Crippen LogP contribution in [0.4, 0.5) is 13.2 Å². The van der Waals surface area contributed by atoms with Crippen LogP contribution in [0.2, 0.25) is 0 Å². The summed E-state index contributed by atoms with van der Waals surface area (Å²) in [7, 11) is 0. The highest BCUT2D eigenvalue weighted by Gasteiger charge is 2.30. The van der Waals surface area contributed by atoms with Gasteiger partial charge in [0.05, 0.1) is 11.9 Å². The zero-order chi connectivity index (χ0) is 19.2. The molecule has 9 heteroatoms. The number of alkyl halides is 3. The number of hydrogen-bond donors (Lipinski definition) is 2. The lowest BCUT2D eigenvalue weighted by molar-refractivity contribution is -0.151. The summed E-state index contributed by atoms with van der Waals surface area (Å²) in [4.78, 5) is 19.2. The van der Waals surface area contributed by atoms with Crippen molar-refractivity contribution >= 4 is 11.5 Å². The van der Waals surface area contributed by atoms with Crippen LogP contribution in [-0.2, 0) is 22.4 Å². The monoisotopic (exact) mass is 369 g/mol. The molecule has 1 heterocycles. The Kier molecular flexibility index (Phi) is 6.53. The first-order chi connectivity index (χ1) is 12.3. The molecule has 2 aromatic rings. The van der Waals surface area contributed by atoms with Crippen molar-refractivity contribution in [1.29, 1.82) is 0 Å². The molecule has 0 radical (unpaired) electrons. The minimum Gasteiger partial charge on any atom is -0.479 e. The molecule has 1 aromatic carbocycles. The molecular formula is C17H18F3N3O3. The van der Waals surface area contributed by atoms with Crippen molar-refractivity contribution in [2.75, 3.05) is 0 Å². The van der Waals surface area contributed by atoms with Gasteiger partial charge in [0.25, 0.3) is 0 Å². The van der Waals surface area contributed by atoms with E-state index in [4.69, 9.17) is 11.0 Å². The van der Waals surface area contributed by atoms with Gasteiger partial charge in [-0.15, -0.1) is 0 Å². The molecule has 1 unspecified atom stereocenters. The van der Waals surface area contributed by atoms with Gasteiger partial charge in [-0.05, 0) is 36.1 Å². The molecule has 0 saturated heterocycles. The van der Waals surface area contributed by atoms with Gasteiger partial charge in [0, 0.05) is 18.9 Å². The number of halogens is 3. The van der Waals surface area contributed by atoms with Crippen molar-refractivity contribution in [2.45, 2.75) is 31.7 Å². The van der Waals surface area contributed by atoms with E-state index in [1.54, 1.807) is 35.4 Å². The molecule has 6 nitrogen and oxygen atoms in total. The summed E-state index contributed by atoms with van der Waals surface area (Å²) in [5, 5.41) is 8.93. The Balaban J connectivity index is 2.26. The molecule has 0 spiro atoms. The predicted octanol–water partition coefficient (Wildman–Crippen LogP) is 3.11. The first-order valence-corrected chi connectivity index (χ1v) is 7.72. The molecule has 2 rings (SSSR count). The summed E-state index contributed by atoms with van der Waals surface area (Å²) in [6, 6.07) is 4.98. The van der Waals surface area contributed by atoms with Crippen LogP contribution in [0.3, 0.4) is 0 Å². The largest absolute Gasteiger partial charge is 0.479 e. The maximum Gasteiger partial charge on any atom is 0.416 e. The van der Waals surface area contributed by atoms with E-state index in [0.29, 0.717) is 17.7 Å². The normalized spacial score (nSPS) is 13.6. The summed E-state index contributed by atoms with van der Waals surface area (Å²) < 4.78 is 40.6. The van der Waals surface area contributed by atoms with Crippen molar-refractivity contribution in [2.24, 2.45) is 5.90 Å². The van der Waals surface area contributed by atoms with Crippen LogP contribution in [0.25, 0.3) is 5.57 Å². The minimum absolute atomic E-state index is 0.0955. The van der Waals surface area contributed by atoms with Crippen LogP contribution < -0.4 is 5.90 Å². The second-order valence-corrected chi connectivity index (χ2v) is 5.58. The highest BCUT2D eigenvalue weighted by molar-refractivity contribution is 5.72. The van der Waals surface area contributed by atoms with Crippen LogP contribution in [0, 0.1) is 0 Å². The third-order valence-electron chi connectivity index (χ3n) is 3.73. The molecule has 0 aliphatic carbocycles. The second kappa shape index (κ2) is 8.63. The summed E-state index contributed by atoms with van der Waals surface area (Å²) in [6.45, 7) is 0.294. The van der Waals surface area contributed by atoms with Gasteiger partial charge in [-0.1, -0.05) is 18.2 Å². The van der Waals surface area contributed by atoms with E-state index in [-0.39, 0.29) is 12.8 Å². The van der Waals surface area contributed by atoms with Crippen molar-refractivity contribution in [3.63, 3.8) is 0 Å². The van der Waals surface area contributed by atoms with Gasteiger partial charge < -0.3 is 9.67 Å². The lowest BCUT2D eigenvalue weighted by Crippen LogP contribution is -2.26. The minimum atomic E-state index is -4.45. The fourth-order valence-electron chi connectivity index (χ4n) is 2.40. The Bertz CT molecular complexity index is 758. The molecule has 1 atom stereocenters. The van der Waals surface area contributed by atoms with Gasteiger partial charge >= 0.3 is 12.1 Å². The highest BCUT2D eigenvalue weighted by atomic mass is 19.4. The summed E-state index contributed by atoms with van der Waals surface area (Å²) in [5.74, 6) is 3.74. The molecule has 0 aliphatic rings. The van der Waals surface area contributed by atoms with Crippen LogP contribution in [0.15, 0.2) is 49.1 Å². The third-order valence-corrected chi connectivity index (χ3v) is 3.73. The number of nitrogens with zero attached hydrogens (tertiary/aromatic N) is 2. The molecular weight excluding hydrogens is 351 g/mol. The number of rotatable bonds is 8. The third kappa shape index (κ3) is 5.43. The molecule has 1 aromatic heterocycles. The number of carboxylic acid groups (broad SMARTS) is 1. The zero-order valence-corrected chi connectivity index (χ0v) is 13.7. The van der Waals surface area contributed by atoms with E-state index in [1.165, 1.54) is 6.07 Å². The Morgan fingerprint density at radius 1 is 1.42 bits per heavy atom. The molecule has 0 amide bonds. The van der Waals surface area contributed by atoms with E-state index in [9.17, 15) is 18.0 Å². The maximum atomic E-state index is 13.0. The highest BCUT2D eigenvalue weighted by Crippen LogP contribution is 2.31. The lowest BCUT2D eigenvalue weighted by Gasteiger charge is -2.13.